The molecule has 0 saturated carbocycles. The summed E-state index contributed by atoms with van der Waals surface area (Å²) in [4.78, 5) is 12.2. The van der Waals surface area contributed by atoms with Crippen LogP contribution in [0, 0.1) is 5.82 Å². The molecule has 0 saturated heterocycles. The van der Waals surface area contributed by atoms with Gasteiger partial charge in [0.2, 0.25) is 0 Å². The van der Waals surface area contributed by atoms with E-state index in [1.54, 1.807) is 0 Å². The molecule has 1 aliphatic rings. The van der Waals surface area contributed by atoms with Crippen LogP contribution in [0.2, 0.25) is 0 Å². The number of nitrogens with one attached hydrogen (secondary N) is 2. The highest BCUT2D eigenvalue weighted by atomic mass is 79.9. The molecule has 0 radical (unpaired) electrons. The minimum Gasteiger partial charge on any atom is -0.322 e. The summed E-state index contributed by atoms with van der Waals surface area (Å²) < 4.78 is 13.5. The molecule has 0 fully saturated rings. The molecule has 1 heterocycles. The quantitative estimate of drug-likeness (QED) is 0.872. The van der Waals surface area contributed by atoms with Gasteiger partial charge in [-0.15, -0.1) is 0 Å². The third-order valence-corrected chi connectivity index (χ3v) is 4.14. The first-order valence-electron chi connectivity index (χ1n) is 6.72. The highest BCUT2D eigenvalue weighted by Crippen LogP contribution is 2.21. The van der Waals surface area contributed by atoms with Crippen molar-refractivity contribution in [3.63, 3.8) is 0 Å². The average molecular weight is 349 g/mol. The molecule has 1 aliphatic heterocycles. The summed E-state index contributed by atoms with van der Waals surface area (Å²) >= 11 is 3.09. The number of hydrogen-bond acceptors (Lipinski definition) is 2. The Balaban J connectivity index is 1.79. The Morgan fingerprint density at radius 3 is 2.86 bits per heavy atom. The van der Waals surface area contributed by atoms with Crippen LogP contribution in [0.5, 0.6) is 0 Å². The monoisotopic (exact) mass is 348 g/mol. The number of rotatable bonds is 2. The van der Waals surface area contributed by atoms with E-state index in [9.17, 15) is 9.18 Å². The number of fused-ring (bicyclic) bond motifs is 1. The van der Waals surface area contributed by atoms with E-state index < -0.39 is 0 Å². The number of halogens is 2. The van der Waals surface area contributed by atoms with Crippen LogP contribution >= 0.6 is 15.9 Å². The van der Waals surface area contributed by atoms with E-state index >= 15 is 0 Å². The first-order valence-corrected chi connectivity index (χ1v) is 7.52. The second-order valence-electron chi connectivity index (χ2n) is 4.99. The number of amides is 1. The Hall–Kier alpha value is -1.72. The first kappa shape index (κ1) is 14.2. The smallest absolute Gasteiger partial charge is 0.255 e. The normalized spacial score (nSPS) is 13.6. The summed E-state index contributed by atoms with van der Waals surface area (Å²) in [6.07, 6.45) is 1.01. The number of carbonyl (C=O) groups excluding carboxylic acids is 1. The second kappa shape index (κ2) is 5.95. The predicted octanol–water partition coefficient (Wildman–Crippen LogP) is 3.49. The standard InChI is InChI=1S/C16H14BrFN2O/c17-14-8-11(2-4-15(14)18)16(21)20-13-3-1-10-5-6-19-9-12(10)7-13/h1-4,7-8,19H,5-6,9H2,(H,20,21). The van der Waals surface area contributed by atoms with Crippen molar-refractivity contribution in [1.29, 1.82) is 0 Å². The van der Waals surface area contributed by atoms with E-state index in [4.69, 9.17) is 0 Å². The number of carbonyl (C=O) groups is 1. The number of anilines is 1. The molecule has 0 aromatic heterocycles. The highest BCUT2D eigenvalue weighted by molar-refractivity contribution is 9.10. The zero-order valence-electron chi connectivity index (χ0n) is 11.2. The summed E-state index contributed by atoms with van der Waals surface area (Å²) in [5.74, 6) is -0.633. The van der Waals surface area contributed by atoms with Crippen LogP contribution in [-0.4, -0.2) is 12.5 Å². The van der Waals surface area contributed by atoms with Gasteiger partial charge in [0.05, 0.1) is 4.47 Å². The summed E-state index contributed by atoms with van der Waals surface area (Å²) in [6.45, 7) is 1.81. The van der Waals surface area contributed by atoms with E-state index in [0.29, 0.717) is 5.56 Å². The van der Waals surface area contributed by atoms with Crippen LogP contribution in [0.25, 0.3) is 0 Å². The van der Waals surface area contributed by atoms with Crippen molar-refractivity contribution in [1.82, 2.24) is 5.32 Å². The molecular weight excluding hydrogens is 335 g/mol. The Morgan fingerprint density at radius 2 is 2.05 bits per heavy atom. The predicted molar refractivity (Wildman–Crippen MR) is 83.9 cm³/mol. The molecular formula is C16H14BrFN2O. The van der Waals surface area contributed by atoms with E-state index in [1.165, 1.54) is 29.3 Å². The molecule has 0 atom stereocenters. The van der Waals surface area contributed by atoms with Crippen LogP contribution in [-0.2, 0) is 13.0 Å². The molecule has 108 valence electrons. The van der Waals surface area contributed by atoms with Gasteiger partial charge in [-0.3, -0.25) is 4.79 Å². The topological polar surface area (TPSA) is 41.1 Å². The van der Waals surface area contributed by atoms with Crippen molar-refractivity contribution in [2.75, 3.05) is 11.9 Å². The molecule has 21 heavy (non-hydrogen) atoms. The van der Waals surface area contributed by atoms with E-state index in [2.05, 4.69) is 26.6 Å². The van der Waals surface area contributed by atoms with Crippen molar-refractivity contribution < 1.29 is 9.18 Å². The number of benzene rings is 2. The Bertz CT molecular complexity index is 703. The molecule has 5 heteroatoms. The molecule has 0 aliphatic carbocycles. The maximum absolute atomic E-state index is 13.2. The van der Waals surface area contributed by atoms with Gasteiger partial charge in [-0.05, 0) is 70.4 Å². The lowest BCUT2D eigenvalue weighted by Crippen LogP contribution is -2.23. The molecule has 3 nitrogen and oxygen atoms in total. The molecule has 2 aromatic rings. The third-order valence-electron chi connectivity index (χ3n) is 3.53. The zero-order valence-corrected chi connectivity index (χ0v) is 12.8. The van der Waals surface area contributed by atoms with Crippen LogP contribution in [0.15, 0.2) is 40.9 Å². The molecule has 2 aromatic carbocycles. The third kappa shape index (κ3) is 3.14. The fraction of sp³-hybridized carbons (Fsp3) is 0.188. The van der Waals surface area contributed by atoms with E-state index in [0.717, 1.165) is 25.2 Å². The van der Waals surface area contributed by atoms with Crippen LogP contribution < -0.4 is 10.6 Å². The van der Waals surface area contributed by atoms with Crippen molar-refractivity contribution in [2.45, 2.75) is 13.0 Å². The van der Waals surface area contributed by atoms with Gasteiger partial charge in [-0.1, -0.05) is 6.07 Å². The van der Waals surface area contributed by atoms with Crippen molar-refractivity contribution in [3.8, 4) is 0 Å². The molecule has 0 spiro atoms. The van der Waals surface area contributed by atoms with Crippen LogP contribution in [0.3, 0.4) is 0 Å². The Kier molecular flexibility index (Phi) is 4.03. The lowest BCUT2D eigenvalue weighted by atomic mass is 10.0. The molecule has 2 N–H and O–H groups in total. The minimum absolute atomic E-state index is 0.251. The van der Waals surface area contributed by atoms with Crippen molar-refractivity contribution >= 4 is 27.5 Å². The summed E-state index contributed by atoms with van der Waals surface area (Å²) in [5, 5.41) is 6.15. The van der Waals surface area contributed by atoms with Gasteiger partial charge >= 0.3 is 0 Å². The van der Waals surface area contributed by atoms with Crippen LogP contribution in [0.1, 0.15) is 21.5 Å². The van der Waals surface area contributed by atoms with E-state index in [-0.39, 0.29) is 16.2 Å². The SMILES string of the molecule is O=C(Nc1ccc2c(c1)CNCC2)c1ccc(F)c(Br)c1. The van der Waals surface area contributed by atoms with Gasteiger partial charge < -0.3 is 10.6 Å². The molecule has 0 bridgehead atoms. The van der Waals surface area contributed by atoms with Crippen LogP contribution in [0.4, 0.5) is 10.1 Å². The largest absolute Gasteiger partial charge is 0.322 e. The van der Waals surface area contributed by atoms with Gasteiger partial charge in [-0.2, -0.15) is 0 Å². The summed E-state index contributed by atoms with van der Waals surface area (Å²) in [5.41, 5.74) is 3.69. The summed E-state index contributed by atoms with van der Waals surface area (Å²) in [7, 11) is 0. The first-order chi connectivity index (χ1) is 10.1. The fourth-order valence-electron chi connectivity index (χ4n) is 2.40. The molecule has 3 rings (SSSR count). The Morgan fingerprint density at radius 1 is 1.19 bits per heavy atom. The van der Waals surface area contributed by atoms with Gasteiger partial charge in [0.1, 0.15) is 5.82 Å². The lowest BCUT2D eigenvalue weighted by molar-refractivity contribution is 0.102. The second-order valence-corrected chi connectivity index (χ2v) is 5.85. The van der Waals surface area contributed by atoms with Gasteiger partial charge in [0.25, 0.3) is 5.91 Å². The number of hydrogen-bond donors (Lipinski definition) is 2. The van der Waals surface area contributed by atoms with Crippen molar-refractivity contribution in [3.05, 3.63) is 63.4 Å². The molecule has 0 unspecified atom stereocenters. The summed E-state index contributed by atoms with van der Waals surface area (Å²) in [6, 6.07) is 10.2. The Labute approximate surface area is 130 Å². The van der Waals surface area contributed by atoms with E-state index in [1.807, 2.05) is 18.2 Å². The lowest BCUT2D eigenvalue weighted by Gasteiger charge is -2.18. The van der Waals surface area contributed by atoms with Gasteiger partial charge in [0, 0.05) is 17.8 Å². The van der Waals surface area contributed by atoms with Gasteiger partial charge in [0.15, 0.2) is 0 Å². The van der Waals surface area contributed by atoms with Crippen molar-refractivity contribution in [2.24, 2.45) is 0 Å². The fourth-order valence-corrected chi connectivity index (χ4v) is 2.78. The highest BCUT2D eigenvalue weighted by Gasteiger charge is 2.12. The zero-order chi connectivity index (χ0) is 14.8. The maximum Gasteiger partial charge on any atom is 0.255 e. The molecule has 1 amide bonds. The minimum atomic E-state index is -0.383. The maximum atomic E-state index is 13.2. The van der Waals surface area contributed by atoms with Gasteiger partial charge in [-0.25, -0.2) is 4.39 Å². The average Bonchev–Trinajstić information content (AvgIpc) is 2.50.